The fraction of sp³-hybridized carbons (Fsp3) is 0.688. The highest BCUT2D eigenvalue weighted by molar-refractivity contribution is 7.99. The van der Waals surface area contributed by atoms with Crippen LogP contribution in [0.1, 0.15) is 44.6 Å². The van der Waals surface area contributed by atoms with Gasteiger partial charge in [0.25, 0.3) is 0 Å². The van der Waals surface area contributed by atoms with Gasteiger partial charge in [0.15, 0.2) is 0 Å². The Hall–Kier alpha value is -0.540. The van der Waals surface area contributed by atoms with Crippen molar-refractivity contribution in [2.75, 3.05) is 12.3 Å². The predicted molar refractivity (Wildman–Crippen MR) is 84.7 cm³/mol. The summed E-state index contributed by atoms with van der Waals surface area (Å²) in [5, 5.41) is 4.54. The number of likely N-dealkylation sites (N-methyl/N-ethyl adjacent to an activating group) is 1. The van der Waals surface area contributed by atoms with E-state index in [1.54, 1.807) is 0 Å². The normalized spacial score (nSPS) is 18.4. The molecule has 2 nitrogen and oxygen atoms in total. The molecule has 1 saturated carbocycles. The fourth-order valence-electron chi connectivity index (χ4n) is 2.77. The second-order valence-corrected chi connectivity index (χ2v) is 6.74. The number of aromatic nitrogens is 1. The van der Waals surface area contributed by atoms with Crippen molar-refractivity contribution in [1.29, 1.82) is 0 Å². The van der Waals surface area contributed by atoms with Gasteiger partial charge in [0.2, 0.25) is 0 Å². The highest BCUT2D eigenvalue weighted by Gasteiger charge is 2.16. The Morgan fingerprint density at radius 2 is 2.00 bits per heavy atom. The molecule has 1 fully saturated rings. The molecule has 0 bridgehead atoms. The van der Waals surface area contributed by atoms with E-state index in [1.807, 2.05) is 12.4 Å². The lowest BCUT2D eigenvalue weighted by atomic mass is 10.0. The minimum Gasteiger partial charge on any atom is -0.313 e. The number of hydrogen-bond acceptors (Lipinski definition) is 3. The van der Waals surface area contributed by atoms with E-state index in [2.05, 4.69) is 41.1 Å². The van der Waals surface area contributed by atoms with E-state index < -0.39 is 0 Å². The van der Waals surface area contributed by atoms with Gasteiger partial charge in [-0.25, -0.2) is 0 Å². The summed E-state index contributed by atoms with van der Waals surface area (Å²) in [6.45, 7) is 3.26. The lowest BCUT2D eigenvalue weighted by Gasteiger charge is -2.24. The van der Waals surface area contributed by atoms with E-state index in [0.29, 0.717) is 6.04 Å². The third-order valence-electron chi connectivity index (χ3n) is 3.81. The molecular weight excluding hydrogens is 252 g/mol. The molecule has 0 radical (unpaired) electrons. The van der Waals surface area contributed by atoms with Gasteiger partial charge in [-0.3, -0.25) is 4.98 Å². The van der Waals surface area contributed by atoms with Crippen LogP contribution >= 0.6 is 11.8 Å². The predicted octanol–water partition coefficient (Wildman–Crippen LogP) is 3.67. The van der Waals surface area contributed by atoms with Crippen LogP contribution in [0, 0.1) is 0 Å². The number of hydrogen-bond donors (Lipinski definition) is 1. The van der Waals surface area contributed by atoms with Crippen LogP contribution in [0.5, 0.6) is 0 Å². The van der Waals surface area contributed by atoms with Crippen molar-refractivity contribution in [3.05, 3.63) is 30.1 Å². The Kier molecular flexibility index (Phi) is 6.72. The average Bonchev–Trinajstić information content (AvgIpc) is 2.47. The monoisotopic (exact) mass is 278 g/mol. The van der Waals surface area contributed by atoms with E-state index in [0.717, 1.165) is 18.2 Å². The Labute approximate surface area is 121 Å². The third kappa shape index (κ3) is 5.53. The van der Waals surface area contributed by atoms with Gasteiger partial charge in [-0.2, -0.15) is 11.8 Å². The summed E-state index contributed by atoms with van der Waals surface area (Å²) in [6.07, 6.45) is 12.1. The van der Waals surface area contributed by atoms with E-state index in [4.69, 9.17) is 0 Å². The molecule has 0 amide bonds. The van der Waals surface area contributed by atoms with E-state index in [-0.39, 0.29) is 0 Å². The van der Waals surface area contributed by atoms with E-state index in [1.165, 1.54) is 43.4 Å². The second kappa shape index (κ2) is 8.60. The van der Waals surface area contributed by atoms with Crippen molar-refractivity contribution in [1.82, 2.24) is 10.3 Å². The zero-order valence-corrected chi connectivity index (χ0v) is 12.8. The number of pyridine rings is 1. The first-order valence-corrected chi connectivity index (χ1v) is 8.67. The van der Waals surface area contributed by atoms with Gasteiger partial charge in [0, 0.05) is 29.4 Å². The summed E-state index contributed by atoms with van der Waals surface area (Å²) in [6, 6.07) is 4.87. The molecule has 1 N–H and O–H groups in total. The van der Waals surface area contributed by atoms with Crippen molar-refractivity contribution in [3.63, 3.8) is 0 Å². The standard InChI is InChI=1S/C16H26N2S/c1-2-18-15(12-14-8-10-17-11-9-14)13-19-16-6-4-3-5-7-16/h8-11,15-16,18H,2-7,12-13H2,1H3. The maximum atomic E-state index is 4.09. The Morgan fingerprint density at radius 3 is 2.68 bits per heavy atom. The molecule has 2 rings (SSSR count). The lowest BCUT2D eigenvalue weighted by Crippen LogP contribution is -2.34. The van der Waals surface area contributed by atoms with Crippen LogP contribution < -0.4 is 5.32 Å². The zero-order chi connectivity index (χ0) is 13.3. The Morgan fingerprint density at radius 1 is 1.26 bits per heavy atom. The van der Waals surface area contributed by atoms with Crippen LogP contribution in [0.15, 0.2) is 24.5 Å². The molecule has 0 aliphatic heterocycles. The summed E-state index contributed by atoms with van der Waals surface area (Å²) >= 11 is 2.19. The number of rotatable bonds is 7. The quantitative estimate of drug-likeness (QED) is 0.824. The van der Waals surface area contributed by atoms with Crippen LogP contribution in [0.3, 0.4) is 0 Å². The molecule has 19 heavy (non-hydrogen) atoms. The largest absolute Gasteiger partial charge is 0.313 e. The molecule has 1 atom stereocenters. The van der Waals surface area contributed by atoms with Crippen LogP contribution in [-0.2, 0) is 6.42 Å². The summed E-state index contributed by atoms with van der Waals surface area (Å²) in [7, 11) is 0. The van der Waals surface area contributed by atoms with Crippen molar-refractivity contribution >= 4 is 11.8 Å². The third-order valence-corrected chi connectivity index (χ3v) is 5.35. The number of thioether (sulfide) groups is 1. The smallest absolute Gasteiger partial charge is 0.0270 e. The topological polar surface area (TPSA) is 24.9 Å². The molecule has 0 aromatic carbocycles. The zero-order valence-electron chi connectivity index (χ0n) is 12.0. The highest BCUT2D eigenvalue weighted by Crippen LogP contribution is 2.28. The first kappa shape index (κ1) is 14.9. The number of nitrogens with one attached hydrogen (secondary N) is 1. The van der Waals surface area contributed by atoms with Crippen molar-refractivity contribution in [3.8, 4) is 0 Å². The molecule has 1 aliphatic rings. The first-order valence-electron chi connectivity index (χ1n) is 7.62. The van der Waals surface area contributed by atoms with Crippen molar-refractivity contribution < 1.29 is 0 Å². The van der Waals surface area contributed by atoms with Gasteiger partial charge in [-0.1, -0.05) is 26.2 Å². The van der Waals surface area contributed by atoms with Gasteiger partial charge in [-0.15, -0.1) is 0 Å². The molecule has 1 aromatic rings. The van der Waals surface area contributed by atoms with Crippen molar-refractivity contribution in [2.45, 2.75) is 56.7 Å². The van der Waals surface area contributed by atoms with E-state index >= 15 is 0 Å². The first-order chi connectivity index (χ1) is 9.38. The summed E-state index contributed by atoms with van der Waals surface area (Å²) < 4.78 is 0. The van der Waals surface area contributed by atoms with Crippen molar-refractivity contribution in [2.24, 2.45) is 0 Å². The van der Waals surface area contributed by atoms with Gasteiger partial charge in [0.1, 0.15) is 0 Å². The summed E-state index contributed by atoms with van der Waals surface area (Å²) in [5.41, 5.74) is 1.39. The van der Waals surface area contributed by atoms with Gasteiger partial charge < -0.3 is 5.32 Å². The Bertz CT molecular complexity index is 336. The molecule has 0 saturated heterocycles. The summed E-state index contributed by atoms with van der Waals surface area (Å²) in [4.78, 5) is 4.09. The molecule has 3 heteroatoms. The van der Waals surface area contributed by atoms with Gasteiger partial charge >= 0.3 is 0 Å². The molecular formula is C16H26N2S. The van der Waals surface area contributed by atoms with E-state index in [9.17, 15) is 0 Å². The maximum absolute atomic E-state index is 4.09. The minimum atomic E-state index is 0.597. The molecule has 0 spiro atoms. The fourth-order valence-corrected chi connectivity index (χ4v) is 4.17. The summed E-state index contributed by atoms with van der Waals surface area (Å²) in [5.74, 6) is 1.24. The van der Waals surface area contributed by atoms with Gasteiger partial charge in [-0.05, 0) is 43.5 Å². The van der Waals surface area contributed by atoms with Crippen LogP contribution in [0.2, 0.25) is 0 Å². The maximum Gasteiger partial charge on any atom is 0.0270 e. The van der Waals surface area contributed by atoms with Crippen LogP contribution in [0.25, 0.3) is 0 Å². The Balaban J connectivity index is 1.78. The molecule has 1 aromatic heterocycles. The second-order valence-electron chi connectivity index (χ2n) is 5.41. The lowest BCUT2D eigenvalue weighted by molar-refractivity contribution is 0.513. The minimum absolute atomic E-state index is 0.597. The molecule has 1 aliphatic carbocycles. The highest BCUT2D eigenvalue weighted by atomic mass is 32.2. The molecule has 1 unspecified atom stereocenters. The van der Waals surface area contributed by atoms with Gasteiger partial charge in [0.05, 0.1) is 0 Å². The molecule has 1 heterocycles. The van der Waals surface area contributed by atoms with Crippen LogP contribution in [-0.4, -0.2) is 28.6 Å². The number of nitrogens with zero attached hydrogens (tertiary/aromatic N) is 1. The SMILES string of the molecule is CCNC(CSC1CCCCC1)Cc1ccncc1. The average molecular weight is 278 g/mol. The molecule has 106 valence electrons. The van der Waals surface area contributed by atoms with Crippen LogP contribution in [0.4, 0.5) is 0 Å².